The molecule has 0 aliphatic heterocycles. The normalized spacial score (nSPS) is 10.8. The molecule has 0 bridgehead atoms. The summed E-state index contributed by atoms with van der Waals surface area (Å²) in [7, 11) is 0. The first-order valence-corrected chi connectivity index (χ1v) is 3.32. The van der Waals surface area contributed by atoms with E-state index in [-0.39, 0.29) is 17.8 Å². The first-order valence-electron chi connectivity index (χ1n) is 3.32. The number of imidazole rings is 1. The van der Waals surface area contributed by atoms with Crippen LogP contribution in [0.4, 0.5) is 0 Å². The van der Waals surface area contributed by atoms with Crippen molar-refractivity contribution in [2.24, 2.45) is 0 Å². The summed E-state index contributed by atoms with van der Waals surface area (Å²) in [6.07, 6.45) is 2.64. The molecule has 0 fully saturated rings. The zero-order chi connectivity index (χ0) is 8.55. The average molecular weight is 166 g/mol. The predicted octanol–water partition coefficient (Wildman–Crippen LogP) is -0.931. The molecule has 0 saturated carbocycles. The van der Waals surface area contributed by atoms with E-state index in [1.165, 1.54) is 17.2 Å². The summed E-state index contributed by atoms with van der Waals surface area (Å²) in [5.41, 5.74) is 0.333. The lowest BCUT2D eigenvalue weighted by atomic mass is 10.5. The molecule has 6 heteroatoms. The summed E-state index contributed by atoms with van der Waals surface area (Å²) in [4.78, 5) is 21.1. The molecule has 0 spiro atoms. The Hall–Kier alpha value is -1.69. The van der Waals surface area contributed by atoms with E-state index in [0.29, 0.717) is 5.65 Å². The van der Waals surface area contributed by atoms with Crippen LogP contribution in [0.3, 0.4) is 0 Å². The van der Waals surface area contributed by atoms with Gasteiger partial charge in [-0.05, 0) is 0 Å². The van der Waals surface area contributed by atoms with Gasteiger partial charge in [0, 0.05) is 0 Å². The van der Waals surface area contributed by atoms with Crippen LogP contribution < -0.4 is 5.56 Å². The van der Waals surface area contributed by atoms with E-state index in [1.54, 1.807) is 0 Å². The second-order valence-electron chi connectivity index (χ2n) is 2.26. The molecule has 2 aromatic heterocycles. The topological polar surface area (TPSA) is 83.8 Å². The molecule has 0 atom stereocenters. The molecule has 2 N–H and O–H groups in total. The second kappa shape index (κ2) is 2.42. The van der Waals surface area contributed by atoms with Gasteiger partial charge in [0.25, 0.3) is 5.56 Å². The van der Waals surface area contributed by atoms with Gasteiger partial charge in [-0.3, -0.25) is 9.36 Å². The molecule has 0 saturated heterocycles. The van der Waals surface area contributed by atoms with Crippen molar-refractivity contribution in [3.63, 3.8) is 0 Å². The van der Waals surface area contributed by atoms with E-state index in [4.69, 9.17) is 5.11 Å². The maximum atomic E-state index is 11.1. The smallest absolute Gasteiger partial charge is 0.278 e. The number of aliphatic hydroxyl groups excluding tert-OH is 1. The number of aliphatic hydroxyl groups is 1. The van der Waals surface area contributed by atoms with Gasteiger partial charge in [-0.2, -0.15) is 0 Å². The lowest BCUT2D eigenvalue weighted by Crippen LogP contribution is -2.07. The fraction of sp³-hybridized carbons (Fsp3) is 0.167. The summed E-state index contributed by atoms with van der Waals surface area (Å²) in [6.45, 7) is -0.229. The Labute approximate surface area is 66.5 Å². The van der Waals surface area contributed by atoms with Crippen molar-refractivity contribution in [1.82, 2.24) is 19.5 Å². The molecular weight excluding hydrogens is 160 g/mol. The predicted molar refractivity (Wildman–Crippen MR) is 40.4 cm³/mol. The van der Waals surface area contributed by atoms with Gasteiger partial charge >= 0.3 is 0 Å². The molecule has 2 rings (SSSR count). The molecule has 2 heterocycles. The van der Waals surface area contributed by atoms with Crippen molar-refractivity contribution < 1.29 is 5.11 Å². The minimum absolute atomic E-state index is 0.229. The summed E-state index contributed by atoms with van der Waals surface area (Å²) in [5.74, 6) is 0. The molecule has 12 heavy (non-hydrogen) atoms. The van der Waals surface area contributed by atoms with Crippen LogP contribution in [0.5, 0.6) is 0 Å². The van der Waals surface area contributed by atoms with Crippen molar-refractivity contribution in [3.05, 3.63) is 23.0 Å². The largest absolute Gasteiger partial charge is 0.376 e. The fourth-order valence-electron chi connectivity index (χ4n) is 0.995. The van der Waals surface area contributed by atoms with Crippen molar-refractivity contribution in [2.75, 3.05) is 0 Å². The third-order valence-corrected chi connectivity index (χ3v) is 1.56. The van der Waals surface area contributed by atoms with Gasteiger partial charge in [0.15, 0.2) is 11.2 Å². The Bertz CT molecular complexity index is 458. The minimum Gasteiger partial charge on any atom is -0.376 e. The third-order valence-electron chi connectivity index (χ3n) is 1.56. The van der Waals surface area contributed by atoms with Gasteiger partial charge in [-0.1, -0.05) is 0 Å². The van der Waals surface area contributed by atoms with Crippen molar-refractivity contribution >= 4 is 11.2 Å². The Morgan fingerprint density at radius 3 is 3.17 bits per heavy atom. The highest BCUT2D eigenvalue weighted by molar-refractivity contribution is 5.68. The highest BCUT2D eigenvalue weighted by Crippen LogP contribution is 2.01. The Morgan fingerprint density at radius 1 is 1.58 bits per heavy atom. The third kappa shape index (κ3) is 0.817. The number of hydrogen-bond donors (Lipinski definition) is 2. The zero-order valence-electron chi connectivity index (χ0n) is 6.06. The number of nitrogens with zero attached hydrogens (tertiary/aromatic N) is 3. The van der Waals surface area contributed by atoms with Gasteiger partial charge in [-0.15, -0.1) is 0 Å². The minimum atomic E-state index is -0.299. The van der Waals surface area contributed by atoms with Crippen LogP contribution in [0.1, 0.15) is 0 Å². The molecule has 62 valence electrons. The molecule has 2 aromatic rings. The van der Waals surface area contributed by atoms with E-state index in [1.807, 2.05) is 0 Å². The maximum absolute atomic E-state index is 11.1. The number of aromatic nitrogens is 4. The van der Waals surface area contributed by atoms with E-state index in [2.05, 4.69) is 15.0 Å². The Morgan fingerprint density at radius 2 is 2.42 bits per heavy atom. The maximum Gasteiger partial charge on any atom is 0.278 e. The molecule has 0 aliphatic rings. The fourth-order valence-corrected chi connectivity index (χ4v) is 0.995. The molecule has 0 aliphatic carbocycles. The number of H-pyrrole nitrogens is 1. The number of nitrogens with one attached hydrogen (secondary N) is 1. The van der Waals surface area contributed by atoms with Crippen LogP contribution in [-0.4, -0.2) is 24.6 Å². The summed E-state index contributed by atoms with van der Waals surface area (Å²) in [5, 5.41) is 8.79. The highest BCUT2D eigenvalue weighted by Gasteiger charge is 2.04. The van der Waals surface area contributed by atoms with Crippen molar-refractivity contribution in [2.45, 2.75) is 6.73 Å². The van der Waals surface area contributed by atoms with Crippen LogP contribution in [-0.2, 0) is 6.73 Å². The SMILES string of the molecule is O=c1[nH]cnc2c1ncn2CO. The number of aromatic amines is 1. The van der Waals surface area contributed by atoms with E-state index >= 15 is 0 Å². The van der Waals surface area contributed by atoms with Crippen LogP contribution in [0.2, 0.25) is 0 Å². The lowest BCUT2D eigenvalue weighted by Gasteiger charge is -1.93. The molecule has 6 nitrogen and oxygen atoms in total. The van der Waals surface area contributed by atoms with Crippen LogP contribution in [0, 0.1) is 0 Å². The first-order chi connectivity index (χ1) is 5.83. The van der Waals surface area contributed by atoms with Gasteiger partial charge < -0.3 is 10.1 Å². The van der Waals surface area contributed by atoms with Crippen LogP contribution in [0.15, 0.2) is 17.4 Å². The van der Waals surface area contributed by atoms with Gasteiger partial charge in [-0.25, -0.2) is 9.97 Å². The number of fused-ring (bicyclic) bond motifs is 1. The lowest BCUT2D eigenvalue weighted by molar-refractivity contribution is 0.214. The summed E-state index contributed by atoms with van der Waals surface area (Å²) < 4.78 is 1.38. The summed E-state index contributed by atoms with van der Waals surface area (Å²) >= 11 is 0. The molecule has 0 aromatic carbocycles. The van der Waals surface area contributed by atoms with E-state index in [9.17, 15) is 4.79 Å². The Kier molecular flexibility index (Phi) is 1.41. The van der Waals surface area contributed by atoms with Crippen molar-refractivity contribution in [3.8, 4) is 0 Å². The van der Waals surface area contributed by atoms with E-state index in [0.717, 1.165) is 0 Å². The monoisotopic (exact) mass is 166 g/mol. The molecule has 0 unspecified atom stereocenters. The quantitative estimate of drug-likeness (QED) is 0.573. The first kappa shape index (κ1) is 6.99. The molecule has 0 amide bonds. The van der Waals surface area contributed by atoms with Gasteiger partial charge in [0.1, 0.15) is 6.73 Å². The zero-order valence-corrected chi connectivity index (χ0v) is 6.06. The van der Waals surface area contributed by atoms with Crippen LogP contribution >= 0.6 is 0 Å². The van der Waals surface area contributed by atoms with E-state index < -0.39 is 0 Å². The molecular formula is C6H6N4O2. The number of rotatable bonds is 1. The standard InChI is InChI=1S/C6H6N4O2/c11-3-10-2-9-4-5(10)7-1-8-6(4)12/h1-2,11H,3H2,(H,7,8,12). The van der Waals surface area contributed by atoms with Gasteiger partial charge in [0.05, 0.1) is 12.7 Å². The van der Waals surface area contributed by atoms with Crippen LogP contribution in [0.25, 0.3) is 11.2 Å². The van der Waals surface area contributed by atoms with Gasteiger partial charge in [0.2, 0.25) is 0 Å². The molecule has 0 radical (unpaired) electrons. The van der Waals surface area contributed by atoms with Crippen molar-refractivity contribution in [1.29, 1.82) is 0 Å². The Balaban J connectivity index is 2.89. The second-order valence-corrected chi connectivity index (χ2v) is 2.26. The average Bonchev–Trinajstić information content (AvgIpc) is 2.49. The highest BCUT2D eigenvalue weighted by atomic mass is 16.3. The number of hydrogen-bond acceptors (Lipinski definition) is 4. The summed E-state index contributed by atoms with van der Waals surface area (Å²) in [6, 6.07) is 0.